The quantitative estimate of drug-likeness (QED) is 0.506. The molecule has 0 amide bonds. The van der Waals surface area contributed by atoms with Gasteiger partial charge < -0.3 is 0 Å². The molecule has 1 saturated heterocycles. The van der Waals surface area contributed by atoms with Crippen LogP contribution in [0.4, 0.5) is 0 Å². The van der Waals surface area contributed by atoms with E-state index in [9.17, 15) is 18.5 Å². The fraction of sp³-hybridized carbons (Fsp3) is 0.250. The number of Topliss-reactive ketones (excluding diaryl/α,β-unsaturated/α-hetero) is 1. The molecule has 7 nitrogen and oxygen atoms in total. The van der Waals surface area contributed by atoms with E-state index in [-0.39, 0.29) is 24.8 Å². The van der Waals surface area contributed by atoms with Crippen LogP contribution in [0.2, 0.25) is 0 Å². The minimum absolute atomic E-state index is 0.198. The highest BCUT2D eigenvalue weighted by atomic mass is 32.2. The topological polar surface area (TPSA) is 104 Å². The van der Waals surface area contributed by atoms with E-state index >= 15 is 0 Å². The first-order valence-corrected chi connectivity index (χ1v) is 12.9. The summed E-state index contributed by atoms with van der Waals surface area (Å²) in [6.07, 6.45) is 4.00. The van der Waals surface area contributed by atoms with Crippen molar-refractivity contribution in [2.45, 2.75) is 18.8 Å². The van der Waals surface area contributed by atoms with Crippen LogP contribution in [-0.4, -0.2) is 41.6 Å². The van der Waals surface area contributed by atoms with Crippen molar-refractivity contribution >= 4 is 33.2 Å². The Kier molecular flexibility index (Phi) is 7.08. The van der Waals surface area contributed by atoms with E-state index in [1.54, 1.807) is 17.7 Å². The van der Waals surface area contributed by atoms with Crippen LogP contribution in [0.3, 0.4) is 0 Å². The molecule has 2 aromatic heterocycles. The fourth-order valence-corrected chi connectivity index (χ4v) is 5.82. The summed E-state index contributed by atoms with van der Waals surface area (Å²) in [5, 5.41) is 13.1. The maximum absolute atomic E-state index is 13.1. The summed E-state index contributed by atoms with van der Waals surface area (Å²) in [6, 6.07) is 16.8. The molecule has 0 spiro atoms. The van der Waals surface area contributed by atoms with Gasteiger partial charge in [0, 0.05) is 36.0 Å². The number of benzene rings is 1. The molecule has 4 rings (SSSR count). The minimum Gasteiger partial charge on any atom is -0.297 e. The van der Waals surface area contributed by atoms with E-state index in [0.29, 0.717) is 29.2 Å². The maximum Gasteiger partial charge on any atom is 0.236 e. The van der Waals surface area contributed by atoms with Crippen LogP contribution >= 0.6 is 11.3 Å². The van der Waals surface area contributed by atoms with Gasteiger partial charge in [-0.25, -0.2) is 13.4 Å². The first-order chi connectivity index (χ1) is 16.0. The fourth-order valence-electron chi connectivity index (χ4n) is 3.74. The summed E-state index contributed by atoms with van der Waals surface area (Å²) in [6.45, 7) is 0.486. The third kappa shape index (κ3) is 5.42. The lowest BCUT2D eigenvalue weighted by Gasteiger charge is -2.30. The van der Waals surface area contributed by atoms with Crippen molar-refractivity contribution in [3.63, 3.8) is 0 Å². The average Bonchev–Trinajstić information content (AvgIpc) is 3.34. The molecule has 1 aromatic carbocycles. The predicted molar refractivity (Wildman–Crippen MR) is 127 cm³/mol. The molecule has 0 bridgehead atoms. The Morgan fingerprint density at radius 1 is 1.12 bits per heavy atom. The first kappa shape index (κ1) is 23.0. The number of nitrogens with zero attached hydrogens (tertiary/aromatic N) is 4. The van der Waals surface area contributed by atoms with Crippen molar-refractivity contribution in [1.82, 2.24) is 14.3 Å². The van der Waals surface area contributed by atoms with E-state index in [4.69, 9.17) is 0 Å². The number of sulfonamides is 1. The number of carbonyl (C=O) groups is 1. The van der Waals surface area contributed by atoms with E-state index in [2.05, 4.69) is 16.0 Å². The van der Waals surface area contributed by atoms with Gasteiger partial charge in [-0.15, -0.1) is 11.3 Å². The molecular weight excluding hydrogens is 456 g/mol. The van der Waals surface area contributed by atoms with Crippen LogP contribution in [0.25, 0.3) is 17.5 Å². The van der Waals surface area contributed by atoms with Crippen molar-refractivity contribution in [2.75, 3.05) is 13.1 Å². The summed E-state index contributed by atoms with van der Waals surface area (Å²) in [5.74, 6) is -1.53. The Labute approximate surface area is 197 Å². The highest BCUT2D eigenvalue weighted by Crippen LogP contribution is 2.31. The number of pyridine rings is 1. The molecule has 1 aliphatic heterocycles. The molecule has 33 heavy (non-hydrogen) atoms. The number of hydrogen-bond acceptors (Lipinski definition) is 7. The highest BCUT2D eigenvalue weighted by Gasteiger charge is 2.35. The van der Waals surface area contributed by atoms with Crippen LogP contribution in [0.15, 0.2) is 65.5 Å². The molecule has 0 N–H and O–H groups in total. The third-order valence-electron chi connectivity index (χ3n) is 5.56. The molecule has 0 aliphatic carbocycles. The van der Waals surface area contributed by atoms with Gasteiger partial charge in [0.25, 0.3) is 0 Å². The van der Waals surface area contributed by atoms with E-state index < -0.39 is 15.9 Å². The Morgan fingerprint density at radius 3 is 2.52 bits per heavy atom. The molecule has 168 valence electrons. The Morgan fingerprint density at radius 2 is 1.85 bits per heavy atom. The number of nitriles is 1. The highest BCUT2D eigenvalue weighted by molar-refractivity contribution is 7.92. The monoisotopic (exact) mass is 478 g/mol. The largest absolute Gasteiger partial charge is 0.297 e. The lowest BCUT2D eigenvalue weighted by molar-refractivity contribution is -0.124. The lowest BCUT2D eigenvalue weighted by Crippen LogP contribution is -2.40. The van der Waals surface area contributed by atoms with Crippen molar-refractivity contribution in [2.24, 2.45) is 5.92 Å². The zero-order valence-electron chi connectivity index (χ0n) is 17.7. The summed E-state index contributed by atoms with van der Waals surface area (Å²) in [4.78, 5) is 21.8. The number of ketones is 1. The summed E-state index contributed by atoms with van der Waals surface area (Å²) in [7, 11) is -3.58. The molecule has 0 radical (unpaired) electrons. The van der Waals surface area contributed by atoms with Gasteiger partial charge in [-0.1, -0.05) is 36.4 Å². The summed E-state index contributed by atoms with van der Waals surface area (Å²) >= 11 is 1.27. The second-order valence-electron chi connectivity index (χ2n) is 7.68. The minimum atomic E-state index is -3.58. The lowest BCUT2D eigenvalue weighted by atomic mass is 9.87. The van der Waals surface area contributed by atoms with E-state index in [0.717, 1.165) is 5.56 Å². The summed E-state index contributed by atoms with van der Waals surface area (Å²) in [5.41, 5.74) is 2.12. The molecule has 1 aliphatic rings. The van der Waals surface area contributed by atoms with Gasteiger partial charge in [-0.2, -0.15) is 9.57 Å². The Hall–Kier alpha value is -3.19. The molecule has 1 atom stereocenters. The average molecular weight is 479 g/mol. The van der Waals surface area contributed by atoms with E-state index in [1.807, 2.05) is 48.5 Å². The second-order valence-corrected chi connectivity index (χ2v) is 10.4. The van der Waals surface area contributed by atoms with Crippen molar-refractivity contribution < 1.29 is 13.2 Å². The maximum atomic E-state index is 13.1. The van der Waals surface area contributed by atoms with Crippen LogP contribution in [-0.2, 0) is 14.8 Å². The predicted octanol–water partition coefficient (Wildman–Crippen LogP) is 4.09. The normalized spacial score (nSPS) is 16.5. The third-order valence-corrected chi connectivity index (χ3v) is 8.03. The molecule has 3 aromatic rings. The number of thiazole rings is 1. The zero-order valence-corrected chi connectivity index (χ0v) is 19.4. The van der Waals surface area contributed by atoms with Crippen LogP contribution < -0.4 is 0 Å². The number of rotatable bonds is 7. The van der Waals surface area contributed by atoms with Crippen molar-refractivity contribution in [3.05, 3.63) is 76.1 Å². The molecule has 1 fully saturated rings. The molecule has 3 heterocycles. The molecular formula is C24H22N4O3S2. The SMILES string of the molecule is N#C[C@H](C(=O)C1CCN(S(=O)(=O)/C=C/c2ccccc2)CC1)c1nc(-c2ccccn2)cs1. The van der Waals surface area contributed by atoms with Gasteiger partial charge in [-0.3, -0.25) is 9.78 Å². The van der Waals surface area contributed by atoms with Crippen LogP contribution in [0.1, 0.15) is 29.3 Å². The van der Waals surface area contributed by atoms with Gasteiger partial charge >= 0.3 is 0 Å². The van der Waals surface area contributed by atoms with Crippen LogP contribution in [0.5, 0.6) is 0 Å². The van der Waals surface area contributed by atoms with Crippen LogP contribution in [0, 0.1) is 17.2 Å². The second kappa shape index (κ2) is 10.2. The van der Waals surface area contributed by atoms with Gasteiger partial charge in [0.05, 0.1) is 17.5 Å². The first-order valence-electron chi connectivity index (χ1n) is 10.5. The standard InChI is InChI=1S/C24H22N4O3S2/c25-16-20(24-27-22(17-32-24)21-8-4-5-12-26-21)23(29)19-9-13-28(14-10-19)33(30,31)15-11-18-6-2-1-3-7-18/h1-8,11-12,15,17,19-20H,9-10,13-14H2/b15-11+/t20-/m1/s1. The van der Waals surface area contributed by atoms with Gasteiger partial charge in [-0.05, 0) is 36.6 Å². The zero-order chi connectivity index (χ0) is 23.3. The van der Waals surface area contributed by atoms with E-state index in [1.165, 1.54) is 21.1 Å². The van der Waals surface area contributed by atoms with Crippen molar-refractivity contribution in [1.29, 1.82) is 5.26 Å². The Balaban J connectivity index is 1.40. The molecule has 9 heteroatoms. The molecule has 0 unspecified atom stereocenters. The number of carbonyl (C=O) groups excluding carboxylic acids is 1. The van der Waals surface area contributed by atoms with Gasteiger partial charge in [0.2, 0.25) is 10.0 Å². The molecule has 0 saturated carbocycles. The number of aromatic nitrogens is 2. The van der Waals surface area contributed by atoms with Gasteiger partial charge in [0.1, 0.15) is 5.01 Å². The number of piperidine rings is 1. The van der Waals surface area contributed by atoms with Crippen molar-refractivity contribution in [3.8, 4) is 17.5 Å². The summed E-state index contributed by atoms with van der Waals surface area (Å²) < 4.78 is 26.7. The van der Waals surface area contributed by atoms with Gasteiger partial charge in [0.15, 0.2) is 11.7 Å². The number of hydrogen-bond donors (Lipinski definition) is 0. The smallest absolute Gasteiger partial charge is 0.236 e. The Bertz CT molecular complexity index is 1270.